The van der Waals surface area contributed by atoms with Gasteiger partial charge >= 0.3 is 0 Å². The molecule has 1 aromatic rings. The summed E-state index contributed by atoms with van der Waals surface area (Å²) in [5, 5.41) is 6.27. The molecule has 106 valence electrons. The van der Waals surface area contributed by atoms with Gasteiger partial charge in [-0.3, -0.25) is 4.79 Å². The Labute approximate surface area is 113 Å². The predicted octanol–water partition coefficient (Wildman–Crippen LogP) is 0.460. The number of carbonyl (C=O) groups excluding carboxylic acids is 1. The van der Waals surface area contributed by atoms with E-state index in [1.165, 1.54) is 12.1 Å². The quantitative estimate of drug-likeness (QED) is 0.704. The highest BCUT2D eigenvalue weighted by Crippen LogP contribution is 2.22. The van der Waals surface area contributed by atoms with E-state index < -0.39 is 0 Å². The number of aromatic nitrogens is 2. The van der Waals surface area contributed by atoms with E-state index in [1.54, 1.807) is 13.4 Å². The fraction of sp³-hybridized carbons (Fsp3) is 0.692. The maximum Gasteiger partial charge on any atom is 0.221 e. The lowest BCUT2D eigenvalue weighted by molar-refractivity contribution is -0.121. The van der Waals surface area contributed by atoms with Gasteiger partial charge in [0.25, 0.3) is 0 Å². The molecule has 1 atom stereocenters. The lowest BCUT2D eigenvalue weighted by Crippen LogP contribution is -2.28. The highest BCUT2D eigenvalue weighted by molar-refractivity contribution is 5.75. The minimum atomic E-state index is 0.0519. The van der Waals surface area contributed by atoms with E-state index in [-0.39, 0.29) is 5.91 Å². The summed E-state index contributed by atoms with van der Waals surface area (Å²) in [5.41, 5.74) is 1.18. The molecule has 0 aliphatic carbocycles. The Morgan fingerprint density at radius 2 is 2.58 bits per heavy atom. The summed E-state index contributed by atoms with van der Waals surface area (Å²) in [6.07, 6.45) is 6.52. The molecule has 2 rings (SSSR count). The third-order valence-corrected chi connectivity index (χ3v) is 3.37. The van der Waals surface area contributed by atoms with Crippen LogP contribution in [0.5, 0.6) is 0 Å². The van der Waals surface area contributed by atoms with Gasteiger partial charge in [-0.1, -0.05) is 0 Å². The van der Waals surface area contributed by atoms with Crippen LogP contribution in [-0.4, -0.2) is 42.3 Å². The number of imidazole rings is 1. The summed E-state index contributed by atoms with van der Waals surface area (Å²) in [5.74, 6) is 0.0519. The number of hydrogen-bond donors (Lipinski definition) is 2. The van der Waals surface area contributed by atoms with Crippen molar-refractivity contribution in [2.24, 2.45) is 0 Å². The first-order valence-electron chi connectivity index (χ1n) is 6.80. The number of amides is 1. The van der Waals surface area contributed by atoms with Crippen LogP contribution in [0.2, 0.25) is 0 Å². The molecule has 19 heavy (non-hydrogen) atoms. The van der Waals surface area contributed by atoms with Gasteiger partial charge in [-0.2, -0.15) is 0 Å². The first-order valence-corrected chi connectivity index (χ1v) is 6.80. The highest BCUT2D eigenvalue weighted by Gasteiger charge is 2.19. The van der Waals surface area contributed by atoms with E-state index in [4.69, 9.17) is 4.74 Å². The van der Waals surface area contributed by atoms with E-state index in [1.807, 2.05) is 6.20 Å². The SMILES string of the molecule is COCCNC(=O)CCn1cncc1[C@@H]1CCCN1. The van der Waals surface area contributed by atoms with Crippen LogP contribution >= 0.6 is 0 Å². The fourth-order valence-electron chi connectivity index (χ4n) is 2.35. The molecule has 1 aliphatic heterocycles. The summed E-state index contributed by atoms with van der Waals surface area (Å²) in [6.45, 7) is 2.85. The molecule has 1 fully saturated rings. The van der Waals surface area contributed by atoms with E-state index >= 15 is 0 Å². The number of rotatable bonds is 7. The van der Waals surface area contributed by atoms with Crippen molar-refractivity contribution in [2.45, 2.75) is 31.8 Å². The number of hydrogen-bond acceptors (Lipinski definition) is 4. The Balaban J connectivity index is 1.79. The van der Waals surface area contributed by atoms with Gasteiger partial charge in [-0.05, 0) is 19.4 Å². The van der Waals surface area contributed by atoms with Crippen LogP contribution in [0.15, 0.2) is 12.5 Å². The summed E-state index contributed by atoms with van der Waals surface area (Å²) in [7, 11) is 1.62. The number of aryl methyl sites for hydroxylation is 1. The zero-order chi connectivity index (χ0) is 13.5. The fourth-order valence-corrected chi connectivity index (χ4v) is 2.35. The molecule has 2 N–H and O–H groups in total. The van der Waals surface area contributed by atoms with E-state index in [0.29, 0.717) is 32.2 Å². The Hall–Kier alpha value is -1.40. The molecule has 1 aromatic heterocycles. The standard InChI is InChI=1S/C13H22N4O2/c1-19-8-6-16-13(18)4-7-17-10-14-9-12(17)11-3-2-5-15-11/h9-11,15H,2-8H2,1H3,(H,16,18)/t11-/m0/s1. The molecule has 0 bridgehead atoms. The minimum absolute atomic E-state index is 0.0519. The van der Waals surface area contributed by atoms with Crippen molar-refractivity contribution in [3.63, 3.8) is 0 Å². The van der Waals surface area contributed by atoms with Crippen molar-refractivity contribution in [2.75, 3.05) is 26.8 Å². The molecule has 0 unspecified atom stereocenters. The lowest BCUT2D eigenvalue weighted by atomic mass is 10.2. The van der Waals surface area contributed by atoms with Gasteiger partial charge in [0, 0.05) is 38.9 Å². The van der Waals surface area contributed by atoms with E-state index in [2.05, 4.69) is 20.2 Å². The normalized spacial score (nSPS) is 18.7. The van der Waals surface area contributed by atoms with Gasteiger partial charge in [0.1, 0.15) is 0 Å². The minimum Gasteiger partial charge on any atom is -0.383 e. The van der Waals surface area contributed by atoms with Crippen LogP contribution in [0.25, 0.3) is 0 Å². The second-order valence-electron chi connectivity index (χ2n) is 4.75. The van der Waals surface area contributed by atoms with Crippen molar-refractivity contribution >= 4 is 5.91 Å². The van der Waals surface area contributed by atoms with Crippen molar-refractivity contribution in [1.29, 1.82) is 0 Å². The van der Waals surface area contributed by atoms with Gasteiger partial charge in [0.05, 0.1) is 18.6 Å². The molecule has 0 radical (unpaired) electrons. The largest absolute Gasteiger partial charge is 0.383 e. The second kappa shape index (κ2) is 7.25. The van der Waals surface area contributed by atoms with Crippen molar-refractivity contribution in [3.8, 4) is 0 Å². The Kier molecular flexibility index (Phi) is 5.35. The predicted molar refractivity (Wildman–Crippen MR) is 71.7 cm³/mol. The molecule has 6 heteroatoms. The molecule has 1 amide bonds. The Morgan fingerprint density at radius 3 is 3.32 bits per heavy atom. The highest BCUT2D eigenvalue weighted by atomic mass is 16.5. The zero-order valence-corrected chi connectivity index (χ0v) is 11.4. The van der Waals surface area contributed by atoms with Gasteiger partial charge in [-0.25, -0.2) is 4.98 Å². The molecule has 0 spiro atoms. The third-order valence-electron chi connectivity index (χ3n) is 3.37. The summed E-state index contributed by atoms with van der Waals surface area (Å²) in [4.78, 5) is 15.8. The maximum atomic E-state index is 11.6. The molecular weight excluding hydrogens is 244 g/mol. The molecule has 0 aromatic carbocycles. The van der Waals surface area contributed by atoms with Crippen LogP contribution in [0.4, 0.5) is 0 Å². The van der Waals surface area contributed by atoms with Crippen molar-refractivity contribution < 1.29 is 9.53 Å². The molecule has 0 saturated carbocycles. The topological polar surface area (TPSA) is 68.2 Å². The van der Waals surface area contributed by atoms with Crippen LogP contribution in [-0.2, 0) is 16.1 Å². The number of carbonyl (C=O) groups is 1. The number of nitrogens with zero attached hydrogens (tertiary/aromatic N) is 2. The molecule has 6 nitrogen and oxygen atoms in total. The summed E-state index contributed by atoms with van der Waals surface area (Å²) >= 11 is 0. The number of ether oxygens (including phenoxy) is 1. The van der Waals surface area contributed by atoms with Gasteiger partial charge in [0.2, 0.25) is 5.91 Å². The maximum absolute atomic E-state index is 11.6. The van der Waals surface area contributed by atoms with E-state index in [0.717, 1.165) is 13.0 Å². The Morgan fingerprint density at radius 1 is 1.68 bits per heavy atom. The molecule has 2 heterocycles. The van der Waals surface area contributed by atoms with Crippen LogP contribution < -0.4 is 10.6 Å². The van der Waals surface area contributed by atoms with Crippen LogP contribution in [0.3, 0.4) is 0 Å². The third kappa shape index (κ3) is 4.04. The smallest absolute Gasteiger partial charge is 0.221 e. The van der Waals surface area contributed by atoms with Crippen molar-refractivity contribution in [1.82, 2.24) is 20.2 Å². The van der Waals surface area contributed by atoms with Gasteiger partial charge in [0.15, 0.2) is 0 Å². The first-order chi connectivity index (χ1) is 9.31. The zero-order valence-electron chi connectivity index (χ0n) is 11.4. The van der Waals surface area contributed by atoms with Gasteiger partial charge < -0.3 is 19.9 Å². The summed E-state index contributed by atoms with van der Waals surface area (Å²) < 4.78 is 6.96. The molecule has 1 aliphatic rings. The average molecular weight is 266 g/mol. The number of methoxy groups -OCH3 is 1. The van der Waals surface area contributed by atoms with Crippen LogP contribution in [0.1, 0.15) is 31.0 Å². The monoisotopic (exact) mass is 266 g/mol. The lowest BCUT2D eigenvalue weighted by Gasteiger charge is -2.13. The van der Waals surface area contributed by atoms with Gasteiger partial charge in [-0.15, -0.1) is 0 Å². The summed E-state index contributed by atoms with van der Waals surface area (Å²) in [6, 6.07) is 0.388. The first kappa shape index (κ1) is 14.0. The average Bonchev–Trinajstić information content (AvgIpc) is 3.07. The molecular formula is C13H22N4O2. The van der Waals surface area contributed by atoms with E-state index in [9.17, 15) is 4.79 Å². The number of nitrogens with one attached hydrogen (secondary N) is 2. The molecule has 1 saturated heterocycles. The Bertz CT molecular complexity index is 399. The van der Waals surface area contributed by atoms with Crippen LogP contribution in [0, 0.1) is 0 Å². The van der Waals surface area contributed by atoms with Crippen molar-refractivity contribution in [3.05, 3.63) is 18.2 Å². The second-order valence-corrected chi connectivity index (χ2v) is 4.75.